The molecule has 1 atom stereocenters. The number of ether oxygens (including phenoxy) is 1. The van der Waals surface area contributed by atoms with Gasteiger partial charge in [-0.25, -0.2) is 4.79 Å². The van der Waals surface area contributed by atoms with Crippen molar-refractivity contribution in [2.75, 3.05) is 19.6 Å². The number of hydrogen-bond donors (Lipinski definition) is 1. The molecule has 2 fully saturated rings. The van der Waals surface area contributed by atoms with Crippen molar-refractivity contribution >= 4 is 6.09 Å². The van der Waals surface area contributed by atoms with Crippen molar-refractivity contribution in [3.8, 4) is 0 Å². The summed E-state index contributed by atoms with van der Waals surface area (Å²) < 4.78 is 5.45. The standard InChI is InChI=1S/C18H34N2O2/c1-14-5-7-16(8-6-14)19-11-9-15-10-12-20(13-15)17(21)22-18(2,3)4/h14-16,19H,5-13H2,1-4H3. The molecular formula is C18H34N2O2. The van der Waals surface area contributed by atoms with Crippen LogP contribution < -0.4 is 5.32 Å². The van der Waals surface area contributed by atoms with Crippen molar-refractivity contribution in [1.29, 1.82) is 0 Å². The van der Waals surface area contributed by atoms with E-state index in [0.717, 1.165) is 38.0 Å². The lowest BCUT2D eigenvalue weighted by Gasteiger charge is -2.27. The Morgan fingerprint density at radius 1 is 1.18 bits per heavy atom. The van der Waals surface area contributed by atoms with Gasteiger partial charge >= 0.3 is 6.09 Å². The van der Waals surface area contributed by atoms with Crippen molar-refractivity contribution in [2.24, 2.45) is 11.8 Å². The van der Waals surface area contributed by atoms with Crippen molar-refractivity contribution in [3.05, 3.63) is 0 Å². The van der Waals surface area contributed by atoms with E-state index >= 15 is 0 Å². The van der Waals surface area contributed by atoms with Crippen LogP contribution in [0.1, 0.15) is 66.2 Å². The van der Waals surface area contributed by atoms with Gasteiger partial charge in [0.25, 0.3) is 0 Å². The molecule has 22 heavy (non-hydrogen) atoms. The maximum atomic E-state index is 12.0. The zero-order valence-electron chi connectivity index (χ0n) is 14.9. The summed E-state index contributed by atoms with van der Waals surface area (Å²) in [5.41, 5.74) is -0.394. The molecule has 4 nitrogen and oxygen atoms in total. The Morgan fingerprint density at radius 2 is 1.86 bits per heavy atom. The third-order valence-electron chi connectivity index (χ3n) is 4.94. The molecule has 2 rings (SSSR count). The SMILES string of the molecule is CC1CCC(NCCC2CCN(C(=O)OC(C)(C)C)C2)CC1. The molecule has 1 N–H and O–H groups in total. The fraction of sp³-hybridized carbons (Fsp3) is 0.944. The van der Waals surface area contributed by atoms with Gasteiger partial charge in [-0.1, -0.05) is 6.92 Å². The van der Waals surface area contributed by atoms with Crippen LogP contribution in [0.15, 0.2) is 0 Å². The van der Waals surface area contributed by atoms with E-state index in [4.69, 9.17) is 4.74 Å². The number of likely N-dealkylation sites (tertiary alicyclic amines) is 1. The molecule has 0 aromatic rings. The minimum Gasteiger partial charge on any atom is -0.444 e. The number of carbonyl (C=O) groups excluding carboxylic acids is 1. The molecule has 1 unspecified atom stereocenters. The van der Waals surface area contributed by atoms with E-state index in [-0.39, 0.29) is 6.09 Å². The molecule has 0 aromatic heterocycles. The average molecular weight is 310 g/mol. The van der Waals surface area contributed by atoms with Crippen molar-refractivity contribution < 1.29 is 9.53 Å². The van der Waals surface area contributed by atoms with Gasteiger partial charge < -0.3 is 15.0 Å². The normalized spacial score (nSPS) is 29.6. The van der Waals surface area contributed by atoms with Crippen LogP contribution >= 0.6 is 0 Å². The fourth-order valence-corrected chi connectivity index (χ4v) is 3.52. The molecule has 0 spiro atoms. The molecule has 128 valence electrons. The molecule has 1 aliphatic heterocycles. The minimum atomic E-state index is -0.394. The van der Waals surface area contributed by atoms with E-state index in [0.29, 0.717) is 5.92 Å². The largest absolute Gasteiger partial charge is 0.444 e. The lowest BCUT2D eigenvalue weighted by Crippen LogP contribution is -2.36. The summed E-state index contributed by atoms with van der Waals surface area (Å²) in [4.78, 5) is 13.9. The molecule has 0 radical (unpaired) electrons. The lowest BCUT2D eigenvalue weighted by atomic mass is 9.87. The van der Waals surface area contributed by atoms with E-state index in [2.05, 4.69) is 12.2 Å². The minimum absolute atomic E-state index is 0.149. The van der Waals surface area contributed by atoms with E-state index < -0.39 is 5.60 Å². The van der Waals surface area contributed by atoms with Crippen molar-refractivity contribution in [3.63, 3.8) is 0 Å². The summed E-state index contributed by atoms with van der Waals surface area (Å²) >= 11 is 0. The highest BCUT2D eigenvalue weighted by Crippen LogP contribution is 2.24. The van der Waals surface area contributed by atoms with Gasteiger partial charge in [0.05, 0.1) is 0 Å². The first-order valence-electron chi connectivity index (χ1n) is 9.05. The van der Waals surface area contributed by atoms with Gasteiger partial charge in [-0.05, 0) is 77.7 Å². The van der Waals surface area contributed by atoms with Gasteiger partial charge in [-0.3, -0.25) is 0 Å². The van der Waals surface area contributed by atoms with Gasteiger partial charge in [0.1, 0.15) is 5.60 Å². The molecule has 1 saturated carbocycles. The van der Waals surface area contributed by atoms with Crippen LogP contribution in [0.4, 0.5) is 4.79 Å². The summed E-state index contributed by atoms with van der Waals surface area (Å²) in [5, 5.41) is 3.72. The molecule has 1 heterocycles. The smallest absolute Gasteiger partial charge is 0.410 e. The molecule has 0 bridgehead atoms. The van der Waals surface area contributed by atoms with Crippen LogP contribution in [0, 0.1) is 11.8 Å². The van der Waals surface area contributed by atoms with Crippen molar-refractivity contribution in [1.82, 2.24) is 10.2 Å². The summed E-state index contributed by atoms with van der Waals surface area (Å²) in [6, 6.07) is 0.722. The summed E-state index contributed by atoms with van der Waals surface area (Å²) in [6.45, 7) is 10.9. The number of carbonyl (C=O) groups is 1. The van der Waals surface area contributed by atoms with Gasteiger partial charge in [0.15, 0.2) is 0 Å². The fourth-order valence-electron chi connectivity index (χ4n) is 3.52. The van der Waals surface area contributed by atoms with Gasteiger partial charge in [0, 0.05) is 19.1 Å². The van der Waals surface area contributed by atoms with Gasteiger partial charge in [0.2, 0.25) is 0 Å². The number of rotatable bonds is 4. The summed E-state index contributed by atoms with van der Waals surface area (Å²) in [6.07, 6.45) is 7.53. The Labute approximate surface area is 136 Å². The Kier molecular flexibility index (Phi) is 6.13. The second-order valence-electron chi connectivity index (χ2n) is 8.28. The predicted molar refractivity (Wildman–Crippen MR) is 90.0 cm³/mol. The van der Waals surface area contributed by atoms with Crippen LogP contribution in [0.5, 0.6) is 0 Å². The molecular weight excluding hydrogens is 276 g/mol. The highest BCUT2D eigenvalue weighted by atomic mass is 16.6. The predicted octanol–water partition coefficient (Wildman–Crippen LogP) is 3.80. The van der Waals surface area contributed by atoms with E-state index in [1.807, 2.05) is 25.7 Å². The van der Waals surface area contributed by atoms with Gasteiger partial charge in [-0.15, -0.1) is 0 Å². The Morgan fingerprint density at radius 3 is 2.50 bits per heavy atom. The summed E-state index contributed by atoms with van der Waals surface area (Å²) in [5.74, 6) is 1.54. The van der Waals surface area contributed by atoms with Crippen LogP contribution in [0.3, 0.4) is 0 Å². The number of amides is 1. The topological polar surface area (TPSA) is 41.6 Å². The molecule has 0 aromatic carbocycles. The number of nitrogens with one attached hydrogen (secondary N) is 1. The maximum absolute atomic E-state index is 12.0. The van der Waals surface area contributed by atoms with Crippen molar-refractivity contribution in [2.45, 2.75) is 77.9 Å². The first-order valence-corrected chi connectivity index (χ1v) is 9.05. The van der Waals surface area contributed by atoms with E-state index in [9.17, 15) is 4.79 Å². The molecule has 1 saturated heterocycles. The quantitative estimate of drug-likeness (QED) is 0.858. The third-order valence-corrected chi connectivity index (χ3v) is 4.94. The highest BCUT2D eigenvalue weighted by Gasteiger charge is 2.29. The highest BCUT2D eigenvalue weighted by molar-refractivity contribution is 5.68. The third kappa shape index (κ3) is 5.79. The zero-order valence-corrected chi connectivity index (χ0v) is 14.9. The van der Waals surface area contributed by atoms with Gasteiger partial charge in [-0.2, -0.15) is 0 Å². The Balaban J connectivity index is 1.61. The second-order valence-corrected chi connectivity index (χ2v) is 8.28. The van der Waals surface area contributed by atoms with E-state index in [1.165, 1.54) is 32.1 Å². The molecule has 2 aliphatic rings. The zero-order chi connectivity index (χ0) is 16.2. The van der Waals surface area contributed by atoms with E-state index in [1.54, 1.807) is 0 Å². The average Bonchev–Trinajstić information content (AvgIpc) is 2.88. The Bertz CT molecular complexity index is 357. The maximum Gasteiger partial charge on any atom is 0.410 e. The second kappa shape index (κ2) is 7.67. The first-order chi connectivity index (χ1) is 10.3. The lowest BCUT2D eigenvalue weighted by molar-refractivity contribution is 0.0287. The number of hydrogen-bond acceptors (Lipinski definition) is 3. The molecule has 1 amide bonds. The first kappa shape index (κ1) is 17.6. The molecule has 1 aliphatic carbocycles. The summed E-state index contributed by atoms with van der Waals surface area (Å²) in [7, 11) is 0. The van der Waals surface area contributed by atoms with Crippen LogP contribution in [0.25, 0.3) is 0 Å². The monoisotopic (exact) mass is 310 g/mol. The van der Waals surface area contributed by atoms with Crippen LogP contribution in [-0.2, 0) is 4.74 Å². The van der Waals surface area contributed by atoms with Crippen LogP contribution in [0.2, 0.25) is 0 Å². The number of nitrogens with zero attached hydrogens (tertiary/aromatic N) is 1. The Hall–Kier alpha value is -0.770. The molecule has 4 heteroatoms. The van der Waals surface area contributed by atoms with Crippen LogP contribution in [-0.4, -0.2) is 42.3 Å².